The predicted octanol–water partition coefficient (Wildman–Crippen LogP) is 4.09. The normalized spacial score (nSPS) is 11.4. The molecular formula is C23H20N2O5S2. The summed E-state index contributed by atoms with van der Waals surface area (Å²) < 4.78 is 27.3. The minimum absolute atomic E-state index is 0.0793. The van der Waals surface area contributed by atoms with E-state index in [1.54, 1.807) is 47.8 Å². The fourth-order valence-corrected chi connectivity index (χ4v) is 5.28. The van der Waals surface area contributed by atoms with E-state index in [9.17, 15) is 23.4 Å². The van der Waals surface area contributed by atoms with Crippen molar-refractivity contribution in [1.29, 1.82) is 0 Å². The highest BCUT2D eigenvalue weighted by Crippen LogP contribution is 2.27. The van der Waals surface area contributed by atoms with Crippen LogP contribution in [-0.2, 0) is 16.4 Å². The van der Waals surface area contributed by atoms with Crippen LogP contribution in [0.3, 0.4) is 0 Å². The maximum absolute atomic E-state index is 12.5. The van der Waals surface area contributed by atoms with Gasteiger partial charge >= 0.3 is 0 Å². The molecule has 0 atom stereocenters. The summed E-state index contributed by atoms with van der Waals surface area (Å²) in [5.74, 6) is -0.480. The lowest BCUT2D eigenvalue weighted by atomic mass is 10.0. The number of thiophene rings is 1. The molecule has 7 nitrogen and oxygen atoms in total. The summed E-state index contributed by atoms with van der Waals surface area (Å²) in [7, 11) is -3.59. The molecule has 4 rings (SSSR count). The molecule has 32 heavy (non-hydrogen) atoms. The van der Waals surface area contributed by atoms with E-state index in [1.807, 2.05) is 0 Å². The summed E-state index contributed by atoms with van der Waals surface area (Å²) in [4.78, 5) is 12.5. The number of sulfonamides is 1. The van der Waals surface area contributed by atoms with E-state index in [-0.39, 0.29) is 21.3 Å². The monoisotopic (exact) mass is 468 g/mol. The fourth-order valence-electron chi connectivity index (χ4n) is 3.23. The van der Waals surface area contributed by atoms with Gasteiger partial charge in [0.15, 0.2) is 0 Å². The van der Waals surface area contributed by atoms with Gasteiger partial charge in [0.2, 0.25) is 0 Å². The maximum atomic E-state index is 12.5. The standard InChI is InChI=1S/C23H20N2O5S2/c26-19-8-5-16-14-21(27)20(13-17(16)12-19)23(28)24-10-9-15-3-6-18(7-4-15)25-32(29,30)22-2-1-11-31-22/h1-8,11-14,25-27H,9-10H2,(H,24,28). The number of carbonyl (C=O) groups excluding carboxylic acids is 1. The SMILES string of the molecule is O=C(NCCc1ccc(NS(=O)(=O)c2cccs2)cc1)c1cc2cc(O)ccc2cc1O. The van der Waals surface area contributed by atoms with Crippen LogP contribution in [0.15, 0.2) is 76.3 Å². The Kier molecular flexibility index (Phi) is 6.02. The Bertz CT molecular complexity index is 1370. The second kappa shape index (κ2) is 8.89. The molecule has 0 aliphatic carbocycles. The van der Waals surface area contributed by atoms with Gasteiger partial charge < -0.3 is 15.5 Å². The van der Waals surface area contributed by atoms with Crippen molar-refractivity contribution in [3.05, 3.63) is 83.2 Å². The van der Waals surface area contributed by atoms with Crippen molar-refractivity contribution in [1.82, 2.24) is 5.32 Å². The molecule has 0 aliphatic rings. The molecule has 1 aromatic heterocycles. The number of hydrogen-bond acceptors (Lipinski definition) is 6. The Morgan fingerprint density at radius 2 is 1.72 bits per heavy atom. The number of amides is 1. The smallest absolute Gasteiger partial charge is 0.271 e. The summed E-state index contributed by atoms with van der Waals surface area (Å²) in [6.07, 6.45) is 0.527. The molecule has 9 heteroatoms. The van der Waals surface area contributed by atoms with E-state index in [4.69, 9.17) is 0 Å². The number of rotatable bonds is 7. The molecule has 4 N–H and O–H groups in total. The van der Waals surface area contributed by atoms with Crippen molar-refractivity contribution in [2.45, 2.75) is 10.6 Å². The number of carbonyl (C=O) groups is 1. The van der Waals surface area contributed by atoms with Crippen LogP contribution in [0.4, 0.5) is 5.69 Å². The van der Waals surface area contributed by atoms with Crippen molar-refractivity contribution in [3.8, 4) is 11.5 Å². The molecule has 164 valence electrons. The first-order valence-electron chi connectivity index (χ1n) is 9.71. The van der Waals surface area contributed by atoms with Crippen molar-refractivity contribution in [3.63, 3.8) is 0 Å². The Morgan fingerprint density at radius 1 is 0.938 bits per heavy atom. The molecule has 4 aromatic rings. The van der Waals surface area contributed by atoms with Gasteiger partial charge in [0.1, 0.15) is 15.7 Å². The Morgan fingerprint density at radius 3 is 2.44 bits per heavy atom. The van der Waals surface area contributed by atoms with Gasteiger partial charge in [0, 0.05) is 12.2 Å². The van der Waals surface area contributed by atoms with Gasteiger partial charge in [-0.05, 0) is 70.6 Å². The number of hydrogen-bond donors (Lipinski definition) is 4. The van der Waals surface area contributed by atoms with Crippen LogP contribution in [-0.4, -0.2) is 31.1 Å². The van der Waals surface area contributed by atoms with E-state index < -0.39 is 15.9 Å². The highest BCUT2D eigenvalue weighted by molar-refractivity contribution is 7.94. The summed E-state index contributed by atoms with van der Waals surface area (Å²) in [5, 5.41) is 25.6. The van der Waals surface area contributed by atoms with Gasteiger partial charge in [-0.2, -0.15) is 0 Å². The second-order valence-electron chi connectivity index (χ2n) is 7.14. The number of benzene rings is 3. The molecule has 1 heterocycles. The van der Waals surface area contributed by atoms with Crippen LogP contribution in [0.2, 0.25) is 0 Å². The molecule has 0 bridgehead atoms. The van der Waals surface area contributed by atoms with Crippen molar-refractivity contribution in [2.24, 2.45) is 0 Å². The van der Waals surface area contributed by atoms with Crippen LogP contribution < -0.4 is 10.0 Å². The zero-order chi connectivity index (χ0) is 22.7. The third-order valence-corrected chi connectivity index (χ3v) is 7.63. The van der Waals surface area contributed by atoms with E-state index in [0.717, 1.165) is 16.9 Å². The van der Waals surface area contributed by atoms with Gasteiger partial charge in [-0.15, -0.1) is 11.3 Å². The molecule has 0 unspecified atom stereocenters. The maximum Gasteiger partial charge on any atom is 0.271 e. The average Bonchev–Trinajstić information content (AvgIpc) is 3.30. The molecule has 3 aromatic carbocycles. The van der Waals surface area contributed by atoms with E-state index in [0.29, 0.717) is 29.4 Å². The molecule has 0 spiro atoms. The Balaban J connectivity index is 1.36. The van der Waals surface area contributed by atoms with Crippen LogP contribution in [0.5, 0.6) is 11.5 Å². The summed E-state index contributed by atoms with van der Waals surface area (Å²) in [5.41, 5.74) is 1.49. The van der Waals surface area contributed by atoms with Crippen LogP contribution in [0, 0.1) is 0 Å². The molecule has 1 amide bonds. The van der Waals surface area contributed by atoms with Gasteiger partial charge in [0.25, 0.3) is 15.9 Å². The Labute approximate surface area is 189 Å². The molecule has 0 aliphatic heterocycles. The fraction of sp³-hybridized carbons (Fsp3) is 0.0870. The van der Waals surface area contributed by atoms with Crippen molar-refractivity contribution in [2.75, 3.05) is 11.3 Å². The quantitative estimate of drug-likeness (QED) is 0.326. The lowest BCUT2D eigenvalue weighted by molar-refractivity contribution is 0.0951. The first kappa shape index (κ1) is 21.7. The molecule has 0 saturated carbocycles. The van der Waals surface area contributed by atoms with Gasteiger partial charge in [-0.1, -0.05) is 24.3 Å². The second-order valence-corrected chi connectivity index (χ2v) is 10.00. The minimum atomic E-state index is -3.59. The highest BCUT2D eigenvalue weighted by Gasteiger charge is 2.15. The number of phenols is 2. The molecule has 0 fully saturated rings. The van der Waals surface area contributed by atoms with Crippen LogP contribution >= 0.6 is 11.3 Å². The average molecular weight is 469 g/mol. The van der Waals surface area contributed by atoms with E-state index >= 15 is 0 Å². The number of anilines is 1. The predicted molar refractivity (Wildman–Crippen MR) is 125 cm³/mol. The van der Waals surface area contributed by atoms with Gasteiger partial charge in [0.05, 0.1) is 5.56 Å². The van der Waals surface area contributed by atoms with E-state index in [1.165, 1.54) is 24.3 Å². The highest BCUT2D eigenvalue weighted by atomic mass is 32.2. The third kappa shape index (κ3) is 4.84. The summed E-state index contributed by atoms with van der Waals surface area (Å²) in [6.45, 7) is 0.330. The number of phenolic OH excluding ortho intramolecular Hbond substituents is 2. The first-order chi connectivity index (χ1) is 15.3. The number of nitrogens with one attached hydrogen (secondary N) is 2. The number of aromatic hydroxyl groups is 2. The lowest BCUT2D eigenvalue weighted by Crippen LogP contribution is -2.25. The van der Waals surface area contributed by atoms with Gasteiger partial charge in [-0.3, -0.25) is 9.52 Å². The molecular weight excluding hydrogens is 448 g/mol. The largest absolute Gasteiger partial charge is 0.508 e. The summed E-state index contributed by atoms with van der Waals surface area (Å²) >= 11 is 1.15. The third-order valence-electron chi connectivity index (χ3n) is 4.85. The number of fused-ring (bicyclic) bond motifs is 1. The zero-order valence-corrected chi connectivity index (χ0v) is 18.4. The van der Waals surface area contributed by atoms with E-state index in [2.05, 4.69) is 10.0 Å². The Hall–Kier alpha value is -3.56. The topological polar surface area (TPSA) is 116 Å². The molecule has 0 saturated heterocycles. The van der Waals surface area contributed by atoms with Crippen molar-refractivity contribution < 1.29 is 23.4 Å². The first-order valence-corrected chi connectivity index (χ1v) is 12.1. The molecule has 0 radical (unpaired) electrons. The van der Waals surface area contributed by atoms with Crippen LogP contribution in [0.25, 0.3) is 10.8 Å². The van der Waals surface area contributed by atoms with Crippen LogP contribution in [0.1, 0.15) is 15.9 Å². The minimum Gasteiger partial charge on any atom is -0.508 e. The summed E-state index contributed by atoms with van der Waals surface area (Å²) in [6, 6.07) is 17.9. The van der Waals surface area contributed by atoms with Gasteiger partial charge in [-0.25, -0.2) is 8.42 Å². The zero-order valence-electron chi connectivity index (χ0n) is 16.8. The van der Waals surface area contributed by atoms with Crippen molar-refractivity contribution >= 4 is 43.7 Å². The lowest BCUT2D eigenvalue weighted by Gasteiger charge is -2.10.